The molecule has 0 aromatic heterocycles. The first-order valence-electron chi connectivity index (χ1n) is 8.51. The molecule has 0 aliphatic carbocycles. The van der Waals surface area contributed by atoms with Crippen LogP contribution in [-0.2, 0) is 30.6 Å². The number of carboxylic acid groups (broad SMARTS) is 1. The number of ether oxygens (including phenoxy) is 1. The first-order valence-corrected chi connectivity index (χ1v) is 10.2. The number of carbonyl (C=O) groups excluding carboxylic acids is 1. The van der Waals surface area contributed by atoms with Crippen LogP contribution in [0.15, 0.2) is 30.3 Å². The third-order valence-electron chi connectivity index (χ3n) is 4.69. The molecular formula is C18H25NO6S. The molecule has 1 aromatic rings. The van der Waals surface area contributed by atoms with Gasteiger partial charge in [0.05, 0.1) is 24.9 Å². The second-order valence-corrected chi connectivity index (χ2v) is 9.50. The molecule has 1 aliphatic heterocycles. The Morgan fingerprint density at radius 1 is 1.19 bits per heavy atom. The van der Waals surface area contributed by atoms with Gasteiger partial charge in [-0.05, 0) is 25.8 Å². The average molecular weight is 383 g/mol. The lowest BCUT2D eigenvalue weighted by Gasteiger charge is -2.34. The Morgan fingerprint density at radius 2 is 1.77 bits per heavy atom. The fraction of sp³-hybridized carbons (Fsp3) is 0.556. The molecule has 144 valence electrons. The Bertz CT molecular complexity index is 738. The quantitative estimate of drug-likeness (QED) is 0.753. The van der Waals surface area contributed by atoms with Crippen LogP contribution in [0.5, 0.6) is 0 Å². The van der Waals surface area contributed by atoms with Crippen LogP contribution in [0.4, 0.5) is 0 Å². The van der Waals surface area contributed by atoms with Crippen LogP contribution >= 0.6 is 0 Å². The minimum Gasteiger partial charge on any atom is -0.481 e. The molecule has 8 heteroatoms. The third kappa shape index (κ3) is 4.62. The van der Waals surface area contributed by atoms with Gasteiger partial charge in [0, 0.05) is 13.1 Å². The standard InChI is InChI=1S/C18H25NO6S/c1-18(2,17(22)19-8-10-25-11-9-19)26(23,24)13-15(16(20)21)12-14-6-4-3-5-7-14/h3-7,15H,8-13H2,1-2H3,(H,20,21). The molecule has 1 N–H and O–H groups in total. The maximum Gasteiger partial charge on any atom is 0.307 e. The summed E-state index contributed by atoms with van der Waals surface area (Å²) >= 11 is 0. The van der Waals surface area contributed by atoms with Crippen LogP contribution in [0.3, 0.4) is 0 Å². The number of hydrogen-bond acceptors (Lipinski definition) is 5. The number of nitrogens with zero attached hydrogens (tertiary/aromatic N) is 1. The molecule has 1 saturated heterocycles. The Kier molecular flexibility index (Phi) is 6.41. The van der Waals surface area contributed by atoms with Crippen LogP contribution in [0.1, 0.15) is 19.4 Å². The largest absolute Gasteiger partial charge is 0.481 e. The van der Waals surface area contributed by atoms with E-state index in [1.165, 1.54) is 18.7 Å². The number of aliphatic carboxylic acids is 1. The highest BCUT2D eigenvalue weighted by Gasteiger charge is 2.46. The van der Waals surface area contributed by atoms with Crippen molar-refractivity contribution in [3.8, 4) is 0 Å². The molecule has 0 radical (unpaired) electrons. The summed E-state index contributed by atoms with van der Waals surface area (Å²) < 4.78 is 29.3. The Morgan fingerprint density at radius 3 is 2.31 bits per heavy atom. The second kappa shape index (κ2) is 8.18. The lowest BCUT2D eigenvalue weighted by Crippen LogP contribution is -2.54. The number of rotatable bonds is 7. The SMILES string of the molecule is CC(C)(C(=O)N1CCOCC1)S(=O)(=O)CC(Cc1ccccc1)C(=O)O. The molecule has 1 amide bonds. The highest BCUT2D eigenvalue weighted by Crippen LogP contribution is 2.25. The van der Waals surface area contributed by atoms with E-state index in [-0.39, 0.29) is 6.42 Å². The van der Waals surface area contributed by atoms with Crippen molar-refractivity contribution >= 4 is 21.7 Å². The van der Waals surface area contributed by atoms with Crippen molar-refractivity contribution in [3.63, 3.8) is 0 Å². The summed E-state index contributed by atoms with van der Waals surface area (Å²) in [6, 6.07) is 8.86. The molecule has 7 nitrogen and oxygen atoms in total. The van der Waals surface area contributed by atoms with E-state index in [0.29, 0.717) is 26.3 Å². The van der Waals surface area contributed by atoms with Crippen molar-refractivity contribution in [2.24, 2.45) is 5.92 Å². The minimum absolute atomic E-state index is 0.0945. The normalized spacial score (nSPS) is 16.9. The van der Waals surface area contributed by atoms with Gasteiger partial charge in [0.2, 0.25) is 5.91 Å². The van der Waals surface area contributed by atoms with Gasteiger partial charge in [-0.3, -0.25) is 9.59 Å². The second-order valence-electron chi connectivity index (χ2n) is 6.92. The summed E-state index contributed by atoms with van der Waals surface area (Å²) in [6.45, 7) is 4.11. The molecule has 1 fully saturated rings. The molecule has 1 aliphatic rings. The summed E-state index contributed by atoms with van der Waals surface area (Å²) in [5.74, 6) is -3.39. The highest BCUT2D eigenvalue weighted by molar-refractivity contribution is 7.93. The summed E-state index contributed by atoms with van der Waals surface area (Å²) in [5.41, 5.74) is 0.743. The molecule has 0 spiro atoms. The van der Waals surface area contributed by atoms with Gasteiger partial charge >= 0.3 is 5.97 Å². The molecular weight excluding hydrogens is 358 g/mol. The molecule has 0 saturated carbocycles. The predicted octanol–water partition coefficient (Wildman–Crippen LogP) is 0.982. The van der Waals surface area contributed by atoms with Gasteiger partial charge in [-0.25, -0.2) is 8.42 Å². The smallest absolute Gasteiger partial charge is 0.307 e. The zero-order chi connectivity index (χ0) is 19.4. The molecule has 1 heterocycles. The van der Waals surface area contributed by atoms with Crippen LogP contribution in [0.25, 0.3) is 0 Å². The highest BCUT2D eigenvalue weighted by atomic mass is 32.2. The first-order chi connectivity index (χ1) is 12.1. The fourth-order valence-corrected chi connectivity index (χ4v) is 4.47. The zero-order valence-corrected chi connectivity index (χ0v) is 15.9. The number of amides is 1. The van der Waals surface area contributed by atoms with Crippen molar-refractivity contribution in [3.05, 3.63) is 35.9 Å². The van der Waals surface area contributed by atoms with Gasteiger partial charge in [0.25, 0.3) is 0 Å². The molecule has 26 heavy (non-hydrogen) atoms. The summed E-state index contributed by atoms with van der Waals surface area (Å²) in [6.07, 6.45) is 0.0945. The van der Waals surface area contributed by atoms with E-state index in [0.717, 1.165) is 5.56 Å². The van der Waals surface area contributed by atoms with Crippen molar-refractivity contribution in [2.75, 3.05) is 32.1 Å². The van der Waals surface area contributed by atoms with Crippen molar-refractivity contribution < 1.29 is 27.9 Å². The molecule has 2 rings (SSSR count). The van der Waals surface area contributed by atoms with Gasteiger partial charge in [-0.1, -0.05) is 30.3 Å². The summed E-state index contributed by atoms with van der Waals surface area (Å²) in [5, 5.41) is 9.47. The summed E-state index contributed by atoms with van der Waals surface area (Å²) in [7, 11) is -3.99. The van der Waals surface area contributed by atoms with Gasteiger partial charge < -0.3 is 14.7 Å². The Labute approximate surface area is 153 Å². The van der Waals surface area contributed by atoms with Crippen LogP contribution in [0, 0.1) is 5.92 Å². The van der Waals surface area contributed by atoms with Gasteiger partial charge in [0.15, 0.2) is 9.84 Å². The third-order valence-corrected chi connectivity index (χ3v) is 7.26. The van der Waals surface area contributed by atoms with Gasteiger partial charge in [0.1, 0.15) is 4.75 Å². The predicted molar refractivity (Wildman–Crippen MR) is 96.5 cm³/mol. The maximum absolute atomic E-state index is 12.9. The number of carboxylic acids is 1. The van der Waals surface area contributed by atoms with E-state index in [1.54, 1.807) is 30.3 Å². The number of morpholine rings is 1. The van der Waals surface area contributed by atoms with Crippen LogP contribution in [0.2, 0.25) is 0 Å². The maximum atomic E-state index is 12.9. The number of hydrogen-bond donors (Lipinski definition) is 1. The lowest BCUT2D eigenvalue weighted by atomic mass is 10.0. The van der Waals surface area contributed by atoms with Gasteiger partial charge in [-0.2, -0.15) is 0 Å². The number of benzene rings is 1. The monoisotopic (exact) mass is 383 g/mol. The molecule has 1 atom stereocenters. The van der Waals surface area contributed by atoms with Crippen LogP contribution < -0.4 is 0 Å². The lowest BCUT2D eigenvalue weighted by molar-refractivity contribution is -0.141. The zero-order valence-electron chi connectivity index (χ0n) is 15.1. The average Bonchev–Trinajstić information content (AvgIpc) is 2.61. The topological polar surface area (TPSA) is 101 Å². The molecule has 0 bridgehead atoms. The van der Waals surface area contributed by atoms with E-state index < -0.39 is 38.1 Å². The molecule has 1 aromatic carbocycles. The Hall–Kier alpha value is -1.93. The number of sulfone groups is 1. The Balaban J connectivity index is 2.17. The van der Waals surface area contributed by atoms with E-state index in [4.69, 9.17) is 4.74 Å². The van der Waals surface area contributed by atoms with E-state index in [9.17, 15) is 23.1 Å². The first kappa shape index (κ1) is 20.4. The van der Waals surface area contributed by atoms with Crippen molar-refractivity contribution in [1.29, 1.82) is 0 Å². The van der Waals surface area contributed by atoms with E-state index in [1.807, 2.05) is 0 Å². The molecule has 1 unspecified atom stereocenters. The fourth-order valence-electron chi connectivity index (χ4n) is 2.87. The van der Waals surface area contributed by atoms with Gasteiger partial charge in [-0.15, -0.1) is 0 Å². The van der Waals surface area contributed by atoms with Crippen molar-refractivity contribution in [1.82, 2.24) is 4.90 Å². The summed E-state index contributed by atoms with van der Waals surface area (Å²) in [4.78, 5) is 25.8. The van der Waals surface area contributed by atoms with Crippen molar-refractivity contribution in [2.45, 2.75) is 25.0 Å². The minimum atomic E-state index is -3.99. The van der Waals surface area contributed by atoms with E-state index >= 15 is 0 Å². The number of carbonyl (C=O) groups is 2. The van der Waals surface area contributed by atoms with E-state index in [2.05, 4.69) is 0 Å². The van der Waals surface area contributed by atoms with Crippen LogP contribution in [-0.4, -0.2) is 67.1 Å².